The third-order valence-corrected chi connectivity index (χ3v) is 5.71. The van der Waals surface area contributed by atoms with Crippen LogP contribution in [0.5, 0.6) is 11.5 Å². The van der Waals surface area contributed by atoms with Crippen molar-refractivity contribution >= 4 is 16.9 Å². The maximum Gasteiger partial charge on any atom is 0.343 e. The molecule has 0 N–H and O–H groups in total. The van der Waals surface area contributed by atoms with Crippen LogP contribution in [-0.4, -0.2) is 55.1 Å². The molecule has 1 aromatic heterocycles. The minimum atomic E-state index is -0.632. The van der Waals surface area contributed by atoms with Gasteiger partial charge >= 0.3 is 5.97 Å². The second-order valence-electron chi connectivity index (χ2n) is 7.74. The van der Waals surface area contributed by atoms with Gasteiger partial charge < -0.3 is 23.5 Å². The summed E-state index contributed by atoms with van der Waals surface area (Å²) >= 11 is 0. The van der Waals surface area contributed by atoms with E-state index in [1.54, 1.807) is 13.1 Å². The summed E-state index contributed by atoms with van der Waals surface area (Å²) in [6.07, 6.45) is 1.54. The van der Waals surface area contributed by atoms with E-state index >= 15 is 0 Å². The third-order valence-electron chi connectivity index (χ3n) is 5.71. The first kappa shape index (κ1) is 20.5. The van der Waals surface area contributed by atoms with Gasteiger partial charge in [0.2, 0.25) is 12.2 Å². The van der Waals surface area contributed by atoms with Crippen LogP contribution in [-0.2, 0) is 16.0 Å². The Balaban J connectivity index is 1.64. The summed E-state index contributed by atoms with van der Waals surface area (Å²) in [4.78, 5) is 28.1. The molecule has 0 atom stereocenters. The number of fused-ring (bicyclic) bond motifs is 2. The van der Waals surface area contributed by atoms with Crippen LogP contribution in [0.1, 0.15) is 22.8 Å². The van der Waals surface area contributed by atoms with Crippen molar-refractivity contribution < 1.29 is 23.7 Å². The molecule has 1 fully saturated rings. The molecular weight excluding hydrogens is 412 g/mol. The number of pyridine rings is 1. The summed E-state index contributed by atoms with van der Waals surface area (Å²) in [7, 11) is 0. The number of carbonyl (C=O) groups is 1. The summed E-state index contributed by atoms with van der Waals surface area (Å²) in [6, 6.07) is 11.3. The molecule has 0 unspecified atom stereocenters. The van der Waals surface area contributed by atoms with E-state index in [1.807, 2.05) is 41.0 Å². The lowest BCUT2D eigenvalue weighted by atomic mass is 10.1. The maximum absolute atomic E-state index is 13.3. The summed E-state index contributed by atoms with van der Waals surface area (Å²) in [5.41, 5.74) is 2.13. The molecule has 0 saturated carbocycles. The van der Waals surface area contributed by atoms with Gasteiger partial charge in [-0.3, -0.25) is 9.69 Å². The molecule has 5 rings (SSSR count). The van der Waals surface area contributed by atoms with E-state index in [2.05, 4.69) is 4.90 Å². The Morgan fingerprint density at radius 2 is 1.88 bits per heavy atom. The fourth-order valence-electron chi connectivity index (χ4n) is 4.10. The number of nitrogens with zero attached hydrogens (tertiary/aromatic N) is 2. The highest BCUT2D eigenvalue weighted by Gasteiger charge is 2.20. The van der Waals surface area contributed by atoms with Crippen LogP contribution >= 0.6 is 0 Å². The van der Waals surface area contributed by atoms with Crippen molar-refractivity contribution in [2.24, 2.45) is 0 Å². The van der Waals surface area contributed by atoms with Crippen LogP contribution < -0.4 is 14.9 Å². The van der Waals surface area contributed by atoms with Crippen LogP contribution in [0.25, 0.3) is 16.6 Å². The molecule has 166 valence electrons. The Kier molecular flexibility index (Phi) is 5.55. The molecule has 1 saturated heterocycles. The monoisotopic (exact) mass is 436 g/mol. The molecule has 2 aliphatic heterocycles. The quantitative estimate of drug-likeness (QED) is 0.569. The smallest absolute Gasteiger partial charge is 0.343 e. The topological polar surface area (TPSA) is 79.2 Å². The zero-order valence-corrected chi connectivity index (χ0v) is 17.8. The average molecular weight is 436 g/mol. The Labute approximate surface area is 184 Å². The fraction of sp³-hybridized carbons (Fsp3) is 0.333. The average Bonchev–Trinajstić information content (AvgIpc) is 3.28. The first-order valence-corrected chi connectivity index (χ1v) is 10.7. The zero-order valence-electron chi connectivity index (χ0n) is 17.8. The Morgan fingerprint density at radius 3 is 2.69 bits per heavy atom. The van der Waals surface area contributed by atoms with E-state index < -0.39 is 5.97 Å². The van der Waals surface area contributed by atoms with E-state index in [0.717, 1.165) is 24.3 Å². The molecular formula is C24H24N2O6. The summed E-state index contributed by atoms with van der Waals surface area (Å²) in [5, 5.41) is 0.471. The first-order valence-electron chi connectivity index (χ1n) is 10.7. The van der Waals surface area contributed by atoms with Gasteiger partial charge in [-0.1, -0.05) is 6.07 Å². The number of benzene rings is 2. The van der Waals surface area contributed by atoms with Crippen LogP contribution in [0, 0.1) is 0 Å². The molecule has 0 aliphatic carbocycles. The number of esters is 1. The summed E-state index contributed by atoms with van der Waals surface area (Å²) in [6.45, 7) is 5.90. The number of rotatable bonds is 5. The lowest BCUT2D eigenvalue weighted by Gasteiger charge is -2.26. The molecule has 2 aromatic carbocycles. The SMILES string of the molecule is CCOC(=O)c1cn(-c2ccc3c(c2)OCO3)c2ccc(CN3CCOCC3)cc2c1=O. The summed E-state index contributed by atoms with van der Waals surface area (Å²) < 4.78 is 23.3. The number of morpholine rings is 1. The number of ether oxygens (including phenoxy) is 4. The molecule has 0 bridgehead atoms. The van der Waals surface area contributed by atoms with Crippen molar-refractivity contribution in [1.82, 2.24) is 9.47 Å². The van der Waals surface area contributed by atoms with Gasteiger partial charge in [0, 0.05) is 43.0 Å². The number of aromatic nitrogens is 1. The zero-order chi connectivity index (χ0) is 22.1. The molecule has 32 heavy (non-hydrogen) atoms. The Morgan fingerprint density at radius 1 is 1.06 bits per heavy atom. The van der Waals surface area contributed by atoms with Gasteiger partial charge in [0.25, 0.3) is 0 Å². The Hall–Kier alpha value is -3.36. The van der Waals surface area contributed by atoms with Gasteiger partial charge in [0.05, 0.1) is 25.3 Å². The molecule has 2 aliphatic rings. The lowest BCUT2D eigenvalue weighted by Crippen LogP contribution is -2.35. The van der Waals surface area contributed by atoms with Gasteiger partial charge in [-0.05, 0) is 36.8 Å². The molecule has 8 heteroatoms. The highest BCUT2D eigenvalue weighted by Crippen LogP contribution is 2.34. The second kappa shape index (κ2) is 8.64. The Bertz CT molecular complexity index is 1230. The van der Waals surface area contributed by atoms with Gasteiger partial charge in [-0.15, -0.1) is 0 Å². The molecule has 8 nitrogen and oxygen atoms in total. The van der Waals surface area contributed by atoms with E-state index in [4.69, 9.17) is 18.9 Å². The van der Waals surface area contributed by atoms with Crippen molar-refractivity contribution in [3.05, 3.63) is 63.9 Å². The standard InChI is InChI=1S/C24H24N2O6/c1-2-30-24(28)19-14-26(17-4-6-21-22(12-17)32-15-31-21)20-5-3-16(11-18(20)23(19)27)13-25-7-9-29-10-8-25/h3-6,11-12,14H,2,7-10,13,15H2,1H3. The minimum Gasteiger partial charge on any atom is -0.462 e. The van der Waals surface area contributed by atoms with Crippen molar-refractivity contribution in [2.75, 3.05) is 39.7 Å². The normalized spacial score (nSPS) is 15.8. The first-order chi connectivity index (χ1) is 15.6. The largest absolute Gasteiger partial charge is 0.462 e. The van der Waals surface area contributed by atoms with E-state index in [0.29, 0.717) is 42.2 Å². The lowest BCUT2D eigenvalue weighted by molar-refractivity contribution is 0.0342. The van der Waals surface area contributed by atoms with Crippen LogP contribution in [0.4, 0.5) is 0 Å². The molecule has 0 radical (unpaired) electrons. The number of carbonyl (C=O) groups excluding carboxylic acids is 1. The van der Waals surface area contributed by atoms with E-state index in [1.165, 1.54) is 0 Å². The van der Waals surface area contributed by atoms with E-state index in [9.17, 15) is 9.59 Å². The van der Waals surface area contributed by atoms with Crippen molar-refractivity contribution in [1.29, 1.82) is 0 Å². The number of hydrogen-bond donors (Lipinski definition) is 0. The van der Waals surface area contributed by atoms with E-state index in [-0.39, 0.29) is 24.4 Å². The predicted octanol–water partition coefficient (Wildman–Crippen LogP) is 2.73. The maximum atomic E-state index is 13.3. The van der Waals surface area contributed by atoms with Crippen molar-refractivity contribution in [3.8, 4) is 17.2 Å². The fourth-order valence-corrected chi connectivity index (χ4v) is 4.10. The molecule has 3 aromatic rings. The van der Waals surface area contributed by atoms with Crippen LogP contribution in [0.15, 0.2) is 47.4 Å². The molecule has 0 spiro atoms. The highest BCUT2D eigenvalue weighted by atomic mass is 16.7. The van der Waals surface area contributed by atoms with Crippen molar-refractivity contribution in [3.63, 3.8) is 0 Å². The van der Waals surface area contributed by atoms with Gasteiger partial charge in [0.15, 0.2) is 11.5 Å². The minimum absolute atomic E-state index is 0.000499. The summed E-state index contributed by atoms with van der Waals surface area (Å²) in [5.74, 6) is 0.654. The molecule has 3 heterocycles. The third kappa shape index (κ3) is 3.83. The number of hydrogen-bond acceptors (Lipinski definition) is 7. The highest BCUT2D eigenvalue weighted by molar-refractivity contribution is 5.94. The predicted molar refractivity (Wildman–Crippen MR) is 118 cm³/mol. The second-order valence-corrected chi connectivity index (χ2v) is 7.74. The molecule has 0 amide bonds. The van der Waals surface area contributed by atoms with Gasteiger partial charge in [0.1, 0.15) is 5.56 Å². The van der Waals surface area contributed by atoms with Crippen LogP contribution in [0.3, 0.4) is 0 Å². The van der Waals surface area contributed by atoms with Crippen LogP contribution in [0.2, 0.25) is 0 Å². The van der Waals surface area contributed by atoms with Crippen molar-refractivity contribution in [2.45, 2.75) is 13.5 Å². The van der Waals surface area contributed by atoms with Gasteiger partial charge in [-0.25, -0.2) is 4.79 Å². The van der Waals surface area contributed by atoms with Gasteiger partial charge in [-0.2, -0.15) is 0 Å².